The van der Waals surface area contributed by atoms with E-state index in [9.17, 15) is 19.2 Å². The number of rotatable bonds is 12. The Morgan fingerprint density at radius 1 is 0.811 bits per heavy atom. The van der Waals surface area contributed by atoms with E-state index in [2.05, 4.69) is 31.0 Å². The Morgan fingerprint density at radius 3 is 1.68 bits per heavy atom. The van der Waals surface area contributed by atoms with Crippen molar-refractivity contribution in [3.8, 4) is 0 Å². The highest BCUT2D eigenvalue weighted by molar-refractivity contribution is 7.15. The third-order valence-corrected chi connectivity index (χ3v) is 7.49. The number of esters is 2. The highest BCUT2D eigenvalue weighted by atomic mass is 32.1. The molecule has 0 aromatic carbocycles. The van der Waals surface area contributed by atoms with Crippen LogP contribution in [0.2, 0.25) is 0 Å². The summed E-state index contributed by atoms with van der Waals surface area (Å²) in [6.07, 6.45) is 5.60. The van der Waals surface area contributed by atoms with Gasteiger partial charge in [0.25, 0.3) is 11.8 Å². The molecule has 2 amide bonds. The summed E-state index contributed by atoms with van der Waals surface area (Å²) in [7, 11) is 0. The van der Waals surface area contributed by atoms with Gasteiger partial charge in [-0.25, -0.2) is 0 Å². The van der Waals surface area contributed by atoms with Crippen molar-refractivity contribution in [2.75, 3.05) is 10.6 Å². The first-order valence-electron chi connectivity index (χ1n) is 12.1. The van der Waals surface area contributed by atoms with Crippen LogP contribution in [0.15, 0.2) is 0 Å². The number of nitrogens with zero attached hydrogens (tertiary/aromatic N) is 4. The number of unbranched alkanes of at least 4 members (excludes halogenated alkanes) is 1. The van der Waals surface area contributed by atoms with Crippen molar-refractivity contribution in [3.63, 3.8) is 0 Å². The molecule has 1 aliphatic rings. The fourth-order valence-electron chi connectivity index (χ4n) is 3.29. The number of carbonyl (C=O) groups is 4. The smallest absolute Gasteiger partial charge is 0.309 e. The Hall–Kier alpha value is -3.00. The van der Waals surface area contributed by atoms with E-state index >= 15 is 0 Å². The maximum Gasteiger partial charge on any atom is 0.309 e. The van der Waals surface area contributed by atoms with Gasteiger partial charge in [-0.05, 0) is 53.4 Å². The largest absolute Gasteiger partial charge is 0.450 e. The van der Waals surface area contributed by atoms with Gasteiger partial charge in [0.2, 0.25) is 10.3 Å². The number of hydrogen-bond acceptors (Lipinski definition) is 12. The molecule has 14 heteroatoms. The molecule has 0 unspecified atom stereocenters. The quantitative estimate of drug-likeness (QED) is 0.295. The summed E-state index contributed by atoms with van der Waals surface area (Å²) >= 11 is 2.54. The first kappa shape index (κ1) is 28.6. The summed E-state index contributed by atoms with van der Waals surface area (Å²) in [6.45, 7) is 7.37. The van der Waals surface area contributed by atoms with Crippen LogP contribution in [0.1, 0.15) is 76.7 Å². The van der Waals surface area contributed by atoms with Gasteiger partial charge in [-0.2, -0.15) is 0 Å². The van der Waals surface area contributed by atoms with Crippen LogP contribution >= 0.6 is 22.7 Å². The molecule has 0 aliphatic heterocycles. The standard InChI is InChI=1S/C23H32N6O6S2/c1-13(30)34-22(2,3)18(32)24-20-28-26-15(36-20)11-6-7-12-16-27-29-21(37-16)25-19(33)23(4,5)35-17(31)14-9-8-10-14/h14H,6-12H2,1-5H3,(H,24,28,32)(H,25,29,33). The fraction of sp³-hybridized carbons (Fsp3) is 0.652. The molecule has 0 saturated heterocycles. The van der Waals surface area contributed by atoms with Crippen LogP contribution in [-0.4, -0.2) is 55.3 Å². The molecule has 2 aromatic rings. The van der Waals surface area contributed by atoms with E-state index in [4.69, 9.17) is 9.47 Å². The molecule has 12 nitrogen and oxygen atoms in total. The molecule has 0 atom stereocenters. The number of aryl methyl sites for hydroxylation is 2. The van der Waals surface area contributed by atoms with Gasteiger partial charge in [0, 0.05) is 19.8 Å². The second-order valence-corrected chi connectivity index (χ2v) is 11.9. The van der Waals surface area contributed by atoms with E-state index in [1.54, 1.807) is 13.8 Å². The van der Waals surface area contributed by atoms with Crippen molar-refractivity contribution >= 4 is 56.7 Å². The van der Waals surface area contributed by atoms with Crippen LogP contribution in [0.4, 0.5) is 10.3 Å². The van der Waals surface area contributed by atoms with Gasteiger partial charge in [0.1, 0.15) is 10.0 Å². The number of carbonyl (C=O) groups excluding carboxylic acids is 4. The average molecular weight is 553 g/mol. The first-order chi connectivity index (χ1) is 17.4. The summed E-state index contributed by atoms with van der Waals surface area (Å²) in [5.74, 6) is -1.91. The number of hydrogen-bond donors (Lipinski definition) is 2. The Bertz CT molecular complexity index is 1140. The van der Waals surface area contributed by atoms with E-state index in [-0.39, 0.29) is 11.9 Å². The molecular formula is C23H32N6O6S2. The summed E-state index contributed by atoms with van der Waals surface area (Å²) < 4.78 is 10.4. The van der Waals surface area contributed by atoms with E-state index in [0.717, 1.165) is 42.1 Å². The maximum atomic E-state index is 12.6. The molecule has 0 radical (unpaired) electrons. The topological polar surface area (TPSA) is 162 Å². The van der Waals surface area contributed by atoms with Crippen molar-refractivity contribution < 1.29 is 28.7 Å². The van der Waals surface area contributed by atoms with Crippen LogP contribution in [0, 0.1) is 5.92 Å². The number of ether oxygens (including phenoxy) is 2. The van der Waals surface area contributed by atoms with Crippen LogP contribution in [0.3, 0.4) is 0 Å². The SMILES string of the molecule is CC(=O)OC(C)(C)C(=O)Nc1nnc(CCCCc2nnc(NC(=O)C(C)(C)OC(=O)C3CCC3)s2)s1. The summed E-state index contributed by atoms with van der Waals surface area (Å²) in [6, 6.07) is 0. The van der Waals surface area contributed by atoms with Gasteiger partial charge in [-0.15, -0.1) is 20.4 Å². The van der Waals surface area contributed by atoms with E-state index in [1.807, 2.05) is 0 Å². The normalized spacial score (nSPS) is 14.0. The van der Waals surface area contributed by atoms with Gasteiger partial charge >= 0.3 is 11.9 Å². The van der Waals surface area contributed by atoms with Crippen molar-refractivity contribution in [2.45, 2.75) is 90.8 Å². The Kier molecular flexibility index (Phi) is 9.29. The molecule has 1 fully saturated rings. The van der Waals surface area contributed by atoms with Crippen LogP contribution < -0.4 is 10.6 Å². The van der Waals surface area contributed by atoms with Crippen LogP contribution in [-0.2, 0) is 41.5 Å². The van der Waals surface area contributed by atoms with Crippen LogP contribution in [0.5, 0.6) is 0 Å². The van der Waals surface area contributed by atoms with Crippen LogP contribution in [0.25, 0.3) is 0 Å². The highest BCUT2D eigenvalue weighted by Gasteiger charge is 2.37. The predicted octanol–water partition coefficient (Wildman–Crippen LogP) is 3.30. The Morgan fingerprint density at radius 2 is 1.27 bits per heavy atom. The lowest BCUT2D eigenvalue weighted by Gasteiger charge is -2.29. The van der Waals surface area contributed by atoms with Crippen molar-refractivity contribution in [1.82, 2.24) is 20.4 Å². The summed E-state index contributed by atoms with van der Waals surface area (Å²) in [5.41, 5.74) is -2.61. The van der Waals surface area contributed by atoms with Gasteiger partial charge < -0.3 is 9.47 Å². The molecule has 0 bridgehead atoms. The monoisotopic (exact) mass is 552 g/mol. The first-order valence-corrected chi connectivity index (χ1v) is 13.7. The average Bonchev–Trinajstić information content (AvgIpc) is 3.37. The van der Waals surface area contributed by atoms with Crippen molar-refractivity contribution in [2.24, 2.45) is 5.92 Å². The molecule has 1 aliphatic carbocycles. The molecule has 202 valence electrons. The maximum absolute atomic E-state index is 12.6. The Labute approximate surface area is 222 Å². The third-order valence-electron chi connectivity index (χ3n) is 5.69. The van der Waals surface area contributed by atoms with E-state index in [0.29, 0.717) is 23.1 Å². The molecule has 2 N–H and O–H groups in total. The minimum absolute atomic E-state index is 0.106. The van der Waals surface area contributed by atoms with Gasteiger partial charge in [-0.3, -0.25) is 29.8 Å². The second kappa shape index (κ2) is 12.0. The lowest BCUT2D eigenvalue weighted by molar-refractivity contribution is -0.169. The molecule has 2 heterocycles. The van der Waals surface area contributed by atoms with Gasteiger partial charge in [-0.1, -0.05) is 29.1 Å². The molecule has 2 aromatic heterocycles. The molecule has 1 saturated carbocycles. The third kappa shape index (κ3) is 8.25. The number of nitrogens with one attached hydrogen (secondary N) is 2. The highest BCUT2D eigenvalue weighted by Crippen LogP contribution is 2.29. The number of aromatic nitrogens is 4. The van der Waals surface area contributed by atoms with Gasteiger partial charge in [0.05, 0.1) is 5.92 Å². The second-order valence-electron chi connectivity index (χ2n) is 9.78. The summed E-state index contributed by atoms with van der Waals surface area (Å²) in [4.78, 5) is 48.1. The number of amides is 2. The van der Waals surface area contributed by atoms with E-state index < -0.39 is 29.0 Å². The minimum atomic E-state index is -1.31. The zero-order chi connectivity index (χ0) is 27.2. The molecule has 3 rings (SSSR count). The lowest BCUT2D eigenvalue weighted by atomic mass is 9.85. The van der Waals surface area contributed by atoms with Gasteiger partial charge in [0.15, 0.2) is 11.2 Å². The van der Waals surface area contributed by atoms with Crippen molar-refractivity contribution in [1.29, 1.82) is 0 Å². The predicted molar refractivity (Wildman–Crippen MR) is 137 cm³/mol. The lowest BCUT2D eigenvalue weighted by Crippen LogP contribution is -2.43. The summed E-state index contributed by atoms with van der Waals surface area (Å²) in [5, 5.41) is 23.8. The zero-order valence-electron chi connectivity index (χ0n) is 21.6. The molecule has 37 heavy (non-hydrogen) atoms. The van der Waals surface area contributed by atoms with Crippen molar-refractivity contribution in [3.05, 3.63) is 10.0 Å². The zero-order valence-corrected chi connectivity index (χ0v) is 23.2. The molecule has 0 spiro atoms. The molecular weight excluding hydrogens is 520 g/mol. The fourth-order valence-corrected chi connectivity index (χ4v) is 4.84. The number of anilines is 2. The minimum Gasteiger partial charge on any atom is -0.450 e. The Balaban J connectivity index is 1.39. The van der Waals surface area contributed by atoms with E-state index in [1.165, 1.54) is 43.4 Å².